The first-order chi connectivity index (χ1) is 12.8. The van der Waals surface area contributed by atoms with E-state index in [1.807, 2.05) is 18.2 Å². The lowest BCUT2D eigenvalue weighted by Crippen LogP contribution is -2.39. The van der Waals surface area contributed by atoms with E-state index in [4.69, 9.17) is 9.72 Å². The van der Waals surface area contributed by atoms with Crippen molar-refractivity contribution >= 4 is 33.1 Å². The van der Waals surface area contributed by atoms with E-state index in [0.717, 1.165) is 60.3 Å². The first kappa shape index (κ1) is 17.1. The molecule has 0 atom stereocenters. The van der Waals surface area contributed by atoms with Crippen molar-refractivity contribution in [1.82, 2.24) is 9.97 Å². The monoisotopic (exact) mass is 368 g/mol. The van der Waals surface area contributed by atoms with Gasteiger partial charge in [0.1, 0.15) is 22.2 Å². The predicted octanol–water partition coefficient (Wildman–Crippen LogP) is 4.34. The van der Waals surface area contributed by atoms with E-state index >= 15 is 0 Å². The summed E-state index contributed by atoms with van der Waals surface area (Å²) in [7, 11) is 1.72. The fourth-order valence-electron chi connectivity index (χ4n) is 3.50. The number of aryl methyl sites for hydroxylation is 1. The molecule has 3 aromatic rings. The highest BCUT2D eigenvalue weighted by Gasteiger charge is 2.23. The summed E-state index contributed by atoms with van der Waals surface area (Å²) in [5.41, 5.74) is 1.07. The smallest absolute Gasteiger partial charge is 0.141 e. The third kappa shape index (κ3) is 3.33. The van der Waals surface area contributed by atoms with Crippen LogP contribution in [0.15, 0.2) is 35.7 Å². The lowest BCUT2D eigenvalue weighted by Gasteiger charge is -2.34. The molecule has 1 aliphatic rings. The summed E-state index contributed by atoms with van der Waals surface area (Å²) in [5, 5.41) is 6.94. The first-order valence-corrected chi connectivity index (χ1v) is 10.0. The molecule has 2 aromatic heterocycles. The fraction of sp³-hybridized carbons (Fsp3) is 0.400. The molecule has 1 fully saturated rings. The van der Waals surface area contributed by atoms with Gasteiger partial charge in [-0.1, -0.05) is 19.1 Å². The Morgan fingerprint density at radius 2 is 2.00 bits per heavy atom. The number of nitrogens with one attached hydrogen (secondary N) is 1. The molecule has 0 spiro atoms. The zero-order chi connectivity index (χ0) is 17.9. The van der Waals surface area contributed by atoms with Crippen LogP contribution >= 0.6 is 11.3 Å². The molecule has 5 nitrogen and oxygen atoms in total. The summed E-state index contributed by atoms with van der Waals surface area (Å²) in [6.07, 6.45) is 3.02. The van der Waals surface area contributed by atoms with Crippen LogP contribution in [0.1, 0.15) is 25.6 Å². The van der Waals surface area contributed by atoms with Gasteiger partial charge in [0.25, 0.3) is 0 Å². The van der Waals surface area contributed by atoms with Crippen molar-refractivity contribution in [3.05, 3.63) is 41.5 Å². The molecule has 1 aromatic carbocycles. The molecule has 0 saturated carbocycles. The second kappa shape index (κ2) is 7.50. The van der Waals surface area contributed by atoms with E-state index < -0.39 is 0 Å². The van der Waals surface area contributed by atoms with Gasteiger partial charge in [0.2, 0.25) is 0 Å². The molecular formula is C20H24N4OS. The van der Waals surface area contributed by atoms with Crippen molar-refractivity contribution in [2.45, 2.75) is 32.2 Å². The number of nitrogens with zero attached hydrogens (tertiary/aromatic N) is 3. The maximum atomic E-state index is 5.45. The Morgan fingerprint density at radius 1 is 1.19 bits per heavy atom. The number of hydrogen-bond acceptors (Lipinski definition) is 6. The number of ether oxygens (including phenoxy) is 1. The van der Waals surface area contributed by atoms with Crippen molar-refractivity contribution in [3.8, 4) is 5.75 Å². The molecule has 26 heavy (non-hydrogen) atoms. The average Bonchev–Trinajstić information content (AvgIpc) is 3.17. The molecular weight excluding hydrogens is 344 g/mol. The van der Waals surface area contributed by atoms with Crippen LogP contribution in [-0.4, -0.2) is 36.2 Å². The highest BCUT2D eigenvalue weighted by Crippen LogP contribution is 2.31. The highest BCUT2D eigenvalue weighted by atomic mass is 32.1. The van der Waals surface area contributed by atoms with Crippen LogP contribution in [-0.2, 0) is 6.42 Å². The minimum Gasteiger partial charge on any atom is -0.495 e. The lowest BCUT2D eigenvalue weighted by molar-refractivity contribution is 0.415. The van der Waals surface area contributed by atoms with Crippen molar-refractivity contribution in [1.29, 1.82) is 0 Å². The Morgan fingerprint density at radius 3 is 2.77 bits per heavy atom. The summed E-state index contributed by atoms with van der Waals surface area (Å²) in [6.45, 7) is 4.11. The fourth-order valence-corrected chi connectivity index (χ4v) is 4.28. The van der Waals surface area contributed by atoms with Crippen LogP contribution in [0, 0.1) is 0 Å². The number of para-hydroxylation sites is 2. The molecule has 0 aliphatic carbocycles. The van der Waals surface area contributed by atoms with Gasteiger partial charge in [-0.3, -0.25) is 0 Å². The van der Waals surface area contributed by atoms with E-state index in [1.165, 1.54) is 5.39 Å². The van der Waals surface area contributed by atoms with Crippen LogP contribution < -0.4 is 15.0 Å². The third-order valence-corrected chi connectivity index (χ3v) is 5.74. The van der Waals surface area contributed by atoms with Gasteiger partial charge in [-0.25, -0.2) is 9.97 Å². The Balaban J connectivity index is 1.48. The topological polar surface area (TPSA) is 50.3 Å². The van der Waals surface area contributed by atoms with Gasteiger partial charge < -0.3 is 15.0 Å². The molecule has 4 rings (SSSR count). The SMILES string of the molecule is CCc1nc(N2CCC(Nc3ccccc3OC)CC2)c2ccsc2n1. The molecule has 6 heteroatoms. The summed E-state index contributed by atoms with van der Waals surface area (Å²) in [4.78, 5) is 13.0. The predicted molar refractivity (Wildman–Crippen MR) is 109 cm³/mol. The van der Waals surface area contributed by atoms with Crippen molar-refractivity contribution in [3.63, 3.8) is 0 Å². The standard InChI is InChI=1S/C20H24N4OS/c1-3-18-22-19(15-10-13-26-20(15)23-18)24-11-8-14(9-12-24)21-16-6-4-5-7-17(16)25-2/h4-7,10,13-14,21H,3,8-9,11-12H2,1-2H3. The van der Waals surface area contributed by atoms with E-state index in [2.05, 4.69) is 39.6 Å². The zero-order valence-corrected chi connectivity index (χ0v) is 16.1. The molecule has 136 valence electrons. The summed E-state index contributed by atoms with van der Waals surface area (Å²) >= 11 is 1.70. The van der Waals surface area contributed by atoms with Crippen LogP contribution in [0.4, 0.5) is 11.5 Å². The Bertz CT molecular complexity index is 886. The number of benzene rings is 1. The number of aromatic nitrogens is 2. The van der Waals surface area contributed by atoms with Crippen molar-refractivity contribution in [2.24, 2.45) is 0 Å². The molecule has 0 amide bonds. The van der Waals surface area contributed by atoms with Gasteiger partial charge >= 0.3 is 0 Å². The Kier molecular flexibility index (Phi) is 4.93. The summed E-state index contributed by atoms with van der Waals surface area (Å²) in [5.74, 6) is 2.94. The molecule has 0 radical (unpaired) electrons. The molecule has 1 N–H and O–H groups in total. The van der Waals surface area contributed by atoms with Gasteiger partial charge in [0.15, 0.2) is 0 Å². The van der Waals surface area contributed by atoms with Gasteiger partial charge in [-0.2, -0.15) is 0 Å². The second-order valence-corrected chi connectivity index (χ2v) is 7.46. The first-order valence-electron chi connectivity index (χ1n) is 9.17. The minimum atomic E-state index is 0.452. The molecule has 0 bridgehead atoms. The van der Waals surface area contributed by atoms with E-state index in [-0.39, 0.29) is 0 Å². The number of methoxy groups -OCH3 is 1. The average molecular weight is 369 g/mol. The van der Waals surface area contributed by atoms with Crippen LogP contribution in [0.25, 0.3) is 10.2 Å². The number of fused-ring (bicyclic) bond motifs is 1. The highest BCUT2D eigenvalue weighted by molar-refractivity contribution is 7.16. The number of piperidine rings is 1. The number of anilines is 2. The second-order valence-electron chi connectivity index (χ2n) is 6.56. The quantitative estimate of drug-likeness (QED) is 0.726. The number of hydrogen-bond donors (Lipinski definition) is 1. The minimum absolute atomic E-state index is 0.452. The molecule has 0 unspecified atom stereocenters. The van der Waals surface area contributed by atoms with Crippen molar-refractivity contribution < 1.29 is 4.74 Å². The third-order valence-electron chi connectivity index (χ3n) is 4.93. The van der Waals surface area contributed by atoms with Crippen LogP contribution in [0.3, 0.4) is 0 Å². The maximum absolute atomic E-state index is 5.45. The maximum Gasteiger partial charge on any atom is 0.141 e. The number of rotatable bonds is 5. The largest absolute Gasteiger partial charge is 0.495 e. The summed E-state index contributed by atoms with van der Waals surface area (Å²) in [6, 6.07) is 10.7. The molecule has 1 aliphatic heterocycles. The lowest BCUT2D eigenvalue weighted by atomic mass is 10.0. The van der Waals surface area contributed by atoms with E-state index in [0.29, 0.717) is 6.04 Å². The van der Waals surface area contributed by atoms with Gasteiger partial charge in [-0.05, 0) is 36.4 Å². The Hall–Kier alpha value is -2.34. The van der Waals surface area contributed by atoms with Crippen LogP contribution in [0.5, 0.6) is 5.75 Å². The number of thiophene rings is 1. The van der Waals surface area contributed by atoms with Crippen LogP contribution in [0.2, 0.25) is 0 Å². The van der Waals surface area contributed by atoms with E-state index in [9.17, 15) is 0 Å². The van der Waals surface area contributed by atoms with Gasteiger partial charge in [0.05, 0.1) is 18.2 Å². The normalized spacial score (nSPS) is 15.4. The Labute approximate surface area is 158 Å². The van der Waals surface area contributed by atoms with Gasteiger partial charge in [-0.15, -0.1) is 11.3 Å². The van der Waals surface area contributed by atoms with Gasteiger partial charge in [0, 0.05) is 25.6 Å². The zero-order valence-electron chi connectivity index (χ0n) is 15.2. The van der Waals surface area contributed by atoms with Crippen molar-refractivity contribution in [2.75, 3.05) is 30.4 Å². The molecule has 1 saturated heterocycles. The summed E-state index contributed by atoms with van der Waals surface area (Å²) < 4.78 is 5.45. The van der Waals surface area contributed by atoms with E-state index in [1.54, 1.807) is 18.4 Å². The molecule has 3 heterocycles.